The van der Waals surface area contributed by atoms with E-state index in [1.807, 2.05) is 20.8 Å². The molecule has 0 aromatic heterocycles. The average molecular weight is 284 g/mol. The Morgan fingerprint density at radius 2 is 1.55 bits per heavy atom. The van der Waals surface area contributed by atoms with Crippen LogP contribution in [0.3, 0.4) is 0 Å². The number of unbranched alkanes of at least 4 members (excludes halogenated alkanes) is 1. The lowest BCUT2D eigenvalue weighted by molar-refractivity contribution is -0.132. The molecule has 0 aliphatic heterocycles. The highest BCUT2D eigenvalue weighted by molar-refractivity contribution is 5.91. The highest BCUT2D eigenvalue weighted by Crippen LogP contribution is 2.19. The number of nitrogens with one attached hydrogen (secondary N) is 2. The summed E-state index contributed by atoms with van der Waals surface area (Å²) in [6.07, 6.45) is 2.64. The molecule has 0 fully saturated rings. The molecule has 118 valence electrons. The Morgan fingerprint density at radius 1 is 1.00 bits per heavy atom. The Balaban J connectivity index is 4.26. The lowest BCUT2D eigenvalue weighted by Gasteiger charge is -2.25. The van der Waals surface area contributed by atoms with Gasteiger partial charge in [0.2, 0.25) is 5.91 Å². The quantitative estimate of drug-likeness (QED) is 0.707. The van der Waals surface area contributed by atoms with Crippen LogP contribution in [0.25, 0.3) is 0 Å². The first-order valence-corrected chi connectivity index (χ1v) is 7.50. The van der Waals surface area contributed by atoms with E-state index >= 15 is 0 Å². The lowest BCUT2D eigenvalue weighted by atomic mass is 9.84. The van der Waals surface area contributed by atoms with Crippen LogP contribution < -0.4 is 10.6 Å². The summed E-state index contributed by atoms with van der Waals surface area (Å²) in [5.41, 5.74) is -0.297. The average Bonchev–Trinajstić information content (AvgIpc) is 2.22. The lowest BCUT2D eigenvalue weighted by Crippen LogP contribution is -2.45. The Morgan fingerprint density at radius 3 is 1.95 bits per heavy atom. The van der Waals surface area contributed by atoms with Gasteiger partial charge in [0.05, 0.1) is 6.04 Å². The maximum absolute atomic E-state index is 12.3. The monoisotopic (exact) mass is 284 g/mol. The molecule has 0 rings (SSSR count). The van der Waals surface area contributed by atoms with Gasteiger partial charge >= 0.3 is 0 Å². The van der Waals surface area contributed by atoms with Gasteiger partial charge in [0, 0.05) is 17.9 Å². The molecule has 0 aromatic carbocycles. The number of hydrogen-bond donors (Lipinski definition) is 2. The van der Waals surface area contributed by atoms with E-state index in [1.165, 1.54) is 6.92 Å². The van der Waals surface area contributed by atoms with Crippen molar-refractivity contribution < 1.29 is 9.59 Å². The normalized spacial score (nSPS) is 13.9. The van der Waals surface area contributed by atoms with Crippen LogP contribution in [0, 0.1) is 5.41 Å². The van der Waals surface area contributed by atoms with Gasteiger partial charge in [-0.05, 0) is 46.6 Å². The Hall–Kier alpha value is -0.900. The second-order valence-corrected chi connectivity index (χ2v) is 7.54. The summed E-state index contributed by atoms with van der Waals surface area (Å²) in [5.74, 6) is -0.0307. The number of amides is 1. The van der Waals surface area contributed by atoms with Crippen LogP contribution in [0.1, 0.15) is 67.7 Å². The van der Waals surface area contributed by atoms with E-state index in [0.29, 0.717) is 6.42 Å². The molecular formula is C16H32N2O2. The van der Waals surface area contributed by atoms with Crippen molar-refractivity contribution in [3.8, 4) is 0 Å². The fourth-order valence-electron chi connectivity index (χ4n) is 1.97. The second-order valence-electron chi connectivity index (χ2n) is 7.54. The van der Waals surface area contributed by atoms with Crippen LogP contribution in [0.4, 0.5) is 0 Å². The number of carbonyl (C=O) groups is 2. The Labute approximate surface area is 124 Å². The van der Waals surface area contributed by atoms with Crippen molar-refractivity contribution in [3.05, 3.63) is 0 Å². The van der Waals surface area contributed by atoms with Crippen molar-refractivity contribution >= 4 is 11.7 Å². The molecule has 4 nitrogen and oxygen atoms in total. The van der Waals surface area contributed by atoms with Gasteiger partial charge in [-0.15, -0.1) is 0 Å². The number of hydrogen-bond acceptors (Lipinski definition) is 3. The van der Waals surface area contributed by atoms with Gasteiger partial charge in [-0.25, -0.2) is 0 Å². The molecule has 0 heterocycles. The minimum Gasteiger partial charge on any atom is -0.347 e. The third-order valence-electron chi connectivity index (χ3n) is 3.01. The van der Waals surface area contributed by atoms with Gasteiger partial charge in [-0.1, -0.05) is 20.8 Å². The Kier molecular flexibility index (Phi) is 7.42. The minimum absolute atomic E-state index is 0.108. The van der Waals surface area contributed by atoms with Crippen molar-refractivity contribution in [2.24, 2.45) is 5.41 Å². The van der Waals surface area contributed by atoms with E-state index in [-0.39, 0.29) is 23.3 Å². The van der Waals surface area contributed by atoms with Crippen LogP contribution in [0.5, 0.6) is 0 Å². The summed E-state index contributed by atoms with van der Waals surface area (Å²) >= 11 is 0. The molecule has 0 bridgehead atoms. The zero-order valence-electron chi connectivity index (χ0n) is 14.2. The van der Waals surface area contributed by atoms with E-state index in [1.54, 1.807) is 0 Å². The molecule has 1 atom stereocenters. The van der Waals surface area contributed by atoms with Gasteiger partial charge in [-0.2, -0.15) is 0 Å². The number of rotatable bonds is 7. The summed E-state index contributed by atoms with van der Waals surface area (Å²) < 4.78 is 0. The number of carbonyl (C=O) groups excluding carboxylic acids is 2. The molecule has 0 saturated heterocycles. The molecule has 0 aromatic rings. The molecule has 1 amide bonds. The van der Waals surface area contributed by atoms with Crippen molar-refractivity contribution in [1.82, 2.24) is 10.6 Å². The largest absolute Gasteiger partial charge is 0.347 e. The van der Waals surface area contributed by atoms with E-state index in [2.05, 4.69) is 31.4 Å². The molecule has 0 spiro atoms. The molecule has 1 unspecified atom stereocenters. The van der Waals surface area contributed by atoms with Gasteiger partial charge in [-0.3, -0.25) is 9.59 Å². The van der Waals surface area contributed by atoms with Gasteiger partial charge < -0.3 is 10.6 Å². The highest BCUT2D eigenvalue weighted by atomic mass is 16.2. The molecule has 0 saturated carbocycles. The molecule has 20 heavy (non-hydrogen) atoms. The van der Waals surface area contributed by atoms with Gasteiger partial charge in [0.25, 0.3) is 0 Å². The fourth-order valence-corrected chi connectivity index (χ4v) is 1.97. The van der Waals surface area contributed by atoms with Gasteiger partial charge in [0.1, 0.15) is 0 Å². The second kappa shape index (κ2) is 7.77. The molecule has 0 aliphatic rings. The summed E-state index contributed by atoms with van der Waals surface area (Å²) in [6, 6.07) is -0.359. The molecule has 0 aliphatic carbocycles. The Bertz CT molecular complexity index is 324. The van der Waals surface area contributed by atoms with Crippen molar-refractivity contribution in [1.29, 1.82) is 0 Å². The van der Waals surface area contributed by atoms with Crippen molar-refractivity contribution in [2.45, 2.75) is 79.3 Å². The molecule has 4 heteroatoms. The van der Waals surface area contributed by atoms with Crippen LogP contribution in [-0.4, -0.2) is 29.8 Å². The van der Waals surface area contributed by atoms with Crippen LogP contribution in [-0.2, 0) is 9.59 Å². The van der Waals surface area contributed by atoms with Gasteiger partial charge in [0.15, 0.2) is 5.78 Å². The maximum Gasteiger partial charge on any atom is 0.217 e. The topological polar surface area (TPSA) is 58.2 Å². The smallest absolute Gasteiger partial charge is 0.217 e. The van der Waals surface area contributed by atoms with Crippen LogP contribution in [0.2, 0.25) is 0 Å². The minimum atomic E-state index is -0.420. The first-order valence-electron chi connectivity index (χ1n) is 7.50. The fraction of sp³-hybridized carbons (Fsp3) is 0.875. The SMILES string of the molecule is CC(=O)NC(CCCCNC(C)(C)C)C(=O)C(C)(C)C. The standard InChI is InChI=1S/C16H32N2O2/c1-12(19)18-13(14(20)15(2,3)4)10-8-9-11-17-16(5,6)7/h13,17H,8-11H2,1-7H3,(H,18,19). The van der Waals surface area contributed by atoms with E-state index < -0.39 is 5.41 Å². The number of Topliss-reactive ketones (excluding diaryl/α,β-unsaturated/α-hetero) is 1. The van der Waals surface area contributed by atoms with E-state index in [4.69, 9.17) is 0 Å². The maximum atomic E-state index is 12.3. The molecular weight excluding hydrogens is 252 g/mol. The van der Waals surface area contributed by atoms with Crippen LogP contribution in [0.15, 0.2) is 0 Å². The highest BCUT2D eigenvalue weighted by Gasteiger charge is 2.29. The predicted molar refractivity (Wildman–Crippen MR) is 83.7 cm³/mol. The summed E-state index contributed by atoms with van der Waals surface area (Å²) in [7, 11) is 0. The predicted octanol–water partition coefficient (Wildman–Crippen LogP) is 2.66. The van der Waals surface area contributed by atoms with E-state index in [0.717, 1.165) is 19.4 Å². The number of ketones is 1. The van der Waals surface area contributed by atoms with Crippen LogP contribution >= 0.6 is 0 Å². The third-order valence-corrected chi connectivity index (χ3v) is 3.01. The first kappa shape index (κ1) is 19.1. The first-order chi connectivity index (χ1) is 8.93. The van der Waals surface area contributed by atoms with E-state index in [9.17, 15) is 9.59 Å². The zero-order chi connectivity index (χ0) is 16.0. The molecule has 0 radical (unpaired) electrons. The summed E-state index contributed by atoms with van der Waals surface area (Å²) in [6.45, 7) is 14.5. The summed E-state index contributed by atoms with van der Waals surface area (Å²) in [4.78, 5) is 23.5. The zero-order valence-corrected chi connectivity index (χ0v) is 14.2. The molecule has 2 N–H and O–H groups in total. The van der Waals surface area contributed by atoms with Crippen molar-refractivity contribution in [2.75, 3.05) is 6.54 Å². The third kappa shape index (κ3) is 9.08. The summed E-state index contributed by atoms with van der Waals surface area (Å²) in [5, 5.41) is 6.21. The van der Waals surface area contributed by atoms with Crippen molar-refractivity contribution in [3.63, 3.8) is 0 Å².